The van der Waals surface area contributed by atoms with Gasteiger partial charge in [0.05, 0.1) is 21.8 Å². The third-order valence-electron chi connectivity index (χ3n) is 7.66. The number of nitrogens with two attached hydrogens (primary N) is 1. The van der Waals surface area contributed by atoms with Crippen LogP contribution in [0.5, 0.6) is 11.5 Å². The van der Waals surface area contributed by atoms with E-state index in [4.69, 9.17) is 19.9 Å². The average molecular weight is 569 g/mol. The zero-order valence-corrected chi connectivity index (χ0v) is 26.0. The van der Waals surface area contributed by atoms with E-state index in [-0.39, 0.29) is 28.5 Å². The molecular weight excluding hydrogens is 524 g/mol. The number of fused-ring (bicyclic) bond motifs is 2. The number of nitrogens with zero attached hydrogens (tertiary/aromatic N) is 1. The number of nitro benzene ring substituents is 1. The Morgan fingerprint density at radius 3 is 1.54 bits per heavy atom. The third-order valence-corrected chi connectivity index (χ3v) is 7.66. The van der Waals surface area contributed by atoms with E-state index in [1.54, 1.807) is 26.0 Å². The first-order chi connectivity index (χ1) is 18.7. The molecule has 3 aliphatic rings. The summed E-state index contributed by atoms with van der Waals surface area (Å²) >= 11 is 0. The van der Waals surface area contributed by atoms with Crippen molar-refractivity contribution in [2.45, 2.75) is 104 Å². The van der Waals surface area contributed by atoms with Gasteiger partial charge in [0.2, 0.25) is 0 Å². The lowest BCUT2D eigenvalue weighted by molar-refractivity contribution is -0.386. The second-order valence-corrected chi connectivity index (χ2v) is 13.9. The molecule has 0 amide bonds. The highest BCUT2D eigenvalue weighted by Gasteiger charge is 2.44. The number of hydrogen-bond donors (Lipinski definition) is 1. The predicted octanol–water partition coefficient (Wildman–Crippen LogP) is 6.65. The van der Waals surface area contributed by atoms with Gasteiger partial charge >= 0.3 is 11.9 Å². The van der Waals surface area contributed by atoms with E-state index in [9.17, 15) is 19.7 Å². The second kappa shape index (κ2) is 11.1. The summed E-state index contributed by atoms with van der Waals surface area (Å²) in [6, 6.07) is 6.87. The predicted molar refractivity (Wildman–Crippen MR) is 159 cm³/mol. The molecule has 2 aromatic carbocycles. The van der Waals surface area contributed by atoms with Crippen molar-refractivity contribution < 1.29 is 28.7 Å². The first-order valence-electron chi connectivity index (χ1n) is 14.0. The van der Waals surface area contributed by atoms with Gasteiger partial charge < -0.3 is 19.9 Å². The Hall–Kier alpha value is -3.46. The molecule has 0 aliphatic carbocycles. The first kappa shape index (κ1) is 32.1. The fourth-order valence-electron chi connectivity index (χ4n) is 4.90. The minimum Gasteiger partial charge on any atom is -0.425 e. The molecule has 3 heterocycles. The van der Waals surface area contributed by atoms with Crippen molar-refractivity contribution in [1.82, 2.24) is 0 Å². The monoisotopic (exact) mass is 568 g/mol. The molecule has 9 nitrogen and oxygen atoms in total. The number of rotatable bonds is 1. The smallest absolute Gasteiger partial charge is 0.321 e. The van der Waals surface area contributed by atoms with Gasteiger partial charge in [-0.05, 0) is 69.1 Å². The van der Waals surface area contributed by atoms with E-state index >= 15 is 0 Å². The van der Waals surface area contributed by atoms with Gasteiger partial charge in [0.25, 0.3) is 5.69 Å². The van der Waals surface area contributed by atoms with Crippen LogP contribution < -0.4 is 15.2 Å². The lowest BCUT2D eigenvalue weighted by atomic mass is 9.79. The summed E-state index contributed by atoms with van der Waals surface area (Å²) in [6.45, 7) is 21.3. The molecule has 3 aliphatic heterocycles. The molecule has 0 saturated carbocycles. The van der Waals surface area contributed by atoms with Crippen molar-refractivity contribution in [3.8, 4) is 11.5 Å². The van der Waals surface area contributed by atoms with Gasteiger partial charge in [0.15, 0.2) is 0 Å². The quantitative estimate of drug-likeness (QED) is 0.133. The molecule has 5 rings (SSSR count). The van der Waals surface area contributed by atoms with E-state index in [2.05, 4.69) is 20.8 Å². The zero-order valence-electron chi connectivity index (χ0n) is 26.0. The Morgan fingerprint density at radius 1 is 0.756 bits per heavy atom. The number of carbonyl (C=O) groups excluding carboxylic acids is 2. The molecule has 0 radical (unpaired) electrons. The standard InChI is InChI=1S/C14H17NO4.C14H19NO2.C4H8O/c1-13(2,3)8-6-9-11(7-10(8)15(17)18)19-12(16)14(9,4)5;1-13(2,3)8-6-9-11(7-10(8)15)17-12(16)14(9,4)5;1-2-4-5-3-1/h6-7H,1-5H3;6-7H,15H2,1-5H3;1-4H2. The fraction of sp³-hybridized carbons (Fsp3) is 0.562. The number of ether oxygens (including phenoxy) is 3. The maximum atomic E-state index is 11.8. The Balaban J connectivity index is 0.000000193. The van der Waals surface area contributed by atoms with Gasteiger partial charge in [-0.2, -0.15) is 0 Å². The van der Waals surface area contributed by atoms with Crippen molar-refractivity contribution in [3.05, 3.63) is 56.6 Å². The Kier molecular flexibility index (Phi) is 8.66. The topological polar surface area (TPSA) is 131 Å². The van der Waals surface area contributed by atoms with E-state index in [0.717, 1.165) is 24.3 Å². The van der Waals surface area contributed by atoms with Gasteiger partial charge in [0.1, 0.15) is 11.5 Å². The van der Waals surface area contributed by atoms with E-state index in [1.165, 1.54) is 18.9 Å². The largest absolute Gasteiger partial charge is 0.425 e. The Bertz CT molecular complexity index is 1350. The Labute approximate surface area is 242 Å². The maximum Gasteiger partial charge on any atom is 0.321 e. The highest BCUT2D eigenvalue weighted by Crippen LogP contribution is 2.46. The summed E-state index contributed by atoms with van der Waals surface area (Å²) in [5.41, 5.74) is 8.26. The highest BCUT2D eigenvalue weighted by molar-refractivity contribution is 5.91. The average Bonchev–Trinajstić information content (AvgIpc) is 3.53. The van der Waals surface area contributed by atoms with Crippen LogP contribution in [-0.4, -0.2) is 30.1 Å². The van der Waals surface area contributed by atoms with Crippen LogP contribution in [0.15, 0.2) is 24.3 Å². The summed E-state index contributed by atoms with van der Waals surface area (Å²) in [7, 11) is 0. The van der Waals surface area contributed by atoms with Crippen LogP contribution in [-0.2, 0) is 36.0 Å². The molecule has 224 valence electrons. The molecule has 2 N–H and O–H groups in total. The van der Waals surface area contributed by atoms with Gasteiger partial charge in [-0.1, -0.05) is 41.5 Å². The lowest BCUT2D eigenvalue weighted by Crippen LogP contribution is -2.26. The van der Waals surface area contributed by atoms with Gasteiger partial charge in [-0.25, -0.2) is 0 Å². The van der Waals surface area contributed by atoms with Crippen LogP contribution in [0, 0.1) is 10.1 Å². The number of nitrogen functional groups attached to an aromatic ring is 1. The Morgan fingerprint density at radius 2 is 1.17 bits per heavy atom. The van der Waals surface area contributed by atoms with Crippen LogP contribution in [0.4, 0.5) is 11.4 Å². The molecule has 0 unspecified atom stereocenters. The van der Waals surface area contributed by atoms with Gasteiger partial charge in [-0.15, -0.1) is 0 Å². The summed E-state index contributed by atoms with van der Waals surface area (Å²) in [4.78, 5) is 34.3. The van der Waals surface area contributed by atoms with Gasteiger partial charge in [-0.3, -0.25) is 19.7 Å². The van der Waals surface area contributed by atoms with Crippen molar-refractivity contribution in [3.63, 3.8) is 0 Å². The molecule has 0 spiro atoms. The first-order valence-corrected chi connectivity index (χ1v) is 14.0. The van der Waals surface area contributed by atoms with Crippen molar-refractivity contribution >= 4 is 23.3 Å². The number of nitro groups is 1. The molecule has 0 bridgehead atoms. The maximum absolute atomic E-state index is 11.8. The zero-order chi connectivity index (χ0) is 31.1. The number of anilines is 1. The number of hydrogen-bond acceptors (Lipinski definition) is 8. The van der Waals surface area contributed by atoms with Crippen LogP contribution in [0.1, 0.15) is 104 Å². The van der Waals surface area contributed by atoms with Crippen LogP contribution >= 0.6 is 0 Å². The summed E-state index contributed by atoms with van der Waals surface area (Å²) in [5, 5.41) is 11.2. The molecule has 1 fully saturated rings. The second-order valence-electron chi connectivity index (χ2n) is 13.9. The summed E-state index contributed by atoms with van der Waals surface area (Å²) < 4.78 is 15.3. The van der Waals surface area contributed by atoms with Crippen LogP contribution in [0.3, 0.4) is 0 Å². The van der Waals surface area contributed by atoms with E-state index < -0.39 is 15.8 Å². The lowest BCUT2D eigenvalue weighted by Gasteiger charge is -2.23. The molecule has 0 atom stereocenters. The minimum atomic E-state index is -0.759. The molecular formula is C32H44N2O7. The summed E-state index contributed by atoms with van der Waals surface area (Å²) in [5.74, 6) is 0.320. The molecule has 9 heteroatoms. The third kappa shape index (κ3) is 6.56. The minimum absolute atomic E-state index is 0.00301. The molecule has 1 saturated heterocycles. The van der Waals surface area contributed by atoms with Crippen LogP contribution in [0.25, 0.3) is 0 Å². The van der Waals surface area contributed by atoms with Gasteiger partial charge in [0, 0.05) is 41.7 Å². The van der Waals surface area contributed by atoms with Crippen LogP contribution in [0.2, 0.25) is 0 Å². The number of carbonyl (C=O) groups is 2. The van der Waals surface area contributed by atoms with E-state index in [1.807, 2.05) is 40.7 Å². The van der Waals surface area contributed by atoms with E-state index in [0.29, 0.717) is 28.3 Å². The highest BCUT2D eigenvalue weighted by atomic mass is 16.6. The van der Waals surface area contributed by atoms with Crippen molar-refractivity contribution in [1.29, 1.82) is 0 Å². The number of benzene rings is 2. The molecule has 0 aromatic heterocycles. The fourth-order valence-corrected chi connectivity index (χ4v) is 4.90. The normalized spacial score (nSPS) is 18.2. The number of esters is 2. The van der Waals surface area contributed by atoms with Crippen molar-refractivity contribution in [2.24, 2.45) is 0 Å². The summed E-state index contributed by atoms with van der Waals surface area (Å²) in [6.07, 6.45) is 2.56. The molecule has 41 heavy (non-hydrogen) atoms. The molecule has 2 aromatic rings. The van der Waals surface area contributed by atoms with Crippen molar-refractivity contribution in [2.75, 3.05) is 18.9 Å². The SMILES string of the molecule is C1CCOC1.CC(C)(C)c1cc2c(cc1N)OC(=O)C2(C)C.CC(C)(C)c1cc2c(cc1[N+](=O)[O-])OC(=O)C2(C)C.